The van der Waals surface area contributed by atoms with E-state index < -0.39 is 5.97 Å². The lowest BCUT2D eigenvalue weighted by atomic mass is 10.1. The van der Waals surface area contributed by atoms with Gasteiger partial charge in [-0.3, -0.25) is 4.98 Å². The van der Waals surface area contributed by atoms with Gasteiger partial charge in [0.25, 0.3) is 0 Å². The summed E-state index contributed by atoms with van der Waals surface area (Å²) in [5, 5.41) is 12.2. The molecule has 5 nitrogen and oxygen atoms in total. The number of aromatic nitrogens is 1. The minimum absolute atomic E-state index is 0. The number of aromatic carboxylic acids is 1. The number of nitrogens with one attached hydrogen (secondary N) is 1. The Bertz CT molecular complexity index is 407. The van der Waals surface area contributed by atoms with Gasteiger partial charge in [-0.15, -0.1) is 37.2 Å². The summed E-state index contributed by atoms with van der Waals surface area (Å²) < 4.78 is 0. The number of nitrogens with zero attached hydrogens (tertiary/aromatic N) is 2. The van der Waals surface area contributed by atoms with E-state index in [0.29, 0.717) is 0 Å². The number of halogens is 3. The SMILES string of the molecule is CN1CCNC(c2cncc(C(=O)O)c2)C1.Cl.Cl.Cl. The minimum Gasteiger partial charge on any atom is -0.478 e. The van der Waals surface area contributed by atoms with Crippen molar-refractivity contribution in [2.75, 3.05) is 26.7 Å². The van der Waals surface area contributed by atoms with E-state index >= 15 is 0 Å². The van der Waals surface area contributed by atoms with Gasteiger partial charge in [-0.2, -0.15) is 0 Å². The maximum atomic E-state index is 10.8. The summed E-state index contributed by atoms with van der Waals surface area (Å²) in [4.78, 5) is 17.0. The average molecular weight is 331 g/mol. The third kappa shape index (κ3) is 5.50. The molecule has 1 aliphatic rings. The zero-order chi connectivity index (χ0) is 11.5. The zero-order valence-corrected chi connectivity index (χ0v) is 12.9. The monoisotopic (exact) mass is 329 g/mol. The van der Waals surface area contributed by atoms with E-state index in [1.807, 2.05) is 0 Å². The van der Waals surface area contributed by atoms with E-state index in [9.17, 15) is 4.79 Å². The number of hydrogen-bond donors (Lipinski definition) is 2. The quantitative estimate of drug-likeness (QED) is 0.862. The largest absolute Gasteiger partial charge is 0.478 e. The number of carbonyl (C=O) groups is 1. The van der Waals surface area contributed by atoms with E-state index in [0.717, 1.165) is 25.2 Å². The van der Waals surface area contributed by atoms with Crippen LogP contribution in [0.2, 0.25) is 0 Å². The molecule has 0 radical (unpaired) electrons. The fourth-order valence-corrected chi connectivity index (χ4v) is 1.89. The average Bonchev–Trinajstić information content (AvgIpc) is 2.29. The molecule has 0 spiro atoms. The highest BCUT2D eigenvalue weighted by Crippen LogP contribution is 2.16. The van der Waals surface area contributed by atoms with Gasteiger partial charge >= 0.3 is 5.97 Å². The number of carboxylic acid groups (broad SMARTS) is 1. The van der Waals surface area contributed by atoms with Gasteiger partial charge in [0.15, 0.2) is 0 Å². The lowest BCUT2D eigenvalue weighted by Crippen LogP contribution is -2.43. The fourth-order valence-electron chi connectivity index (χ4n) is 1.89. The number of rotatable bonds is 2. The molecule has 0 bridgehead atoms. The van der Waals surface area contributed by atoms with Gasteiger partial charge in [-0.05, 0) is 18.7 Å². The maximum Gasteiger partial charge on any atom is 0.337 e. The molecule has 1 unspecified atom stereocenters. The van der Waals surface area contributed by atoms with Crippen LogP contribution >= 0.6 is 37.2 Å². The Labute approximate surface area is 131 Å². The number of carboxylic acids is 1. The standard InChI is InChI=1S/C11H15N3O2.3ClH/c1-14-3-2-13-10(7-14)8-4-9(11(15)16)6-12-5-8;;;/h4-6,10,13H,2-3,7H2,1H3,(H,15,16);3*1H. The summed E-state index contributed by atoms with van der Waals surface area (Å²) in [6.45, 7) is 2.81. The van der Waals surface area contributed by atoms with Crippen LogP contribution in [0.3, 0.4) is 0 Å². The fraction of sp³-hybridized carbons (Fsp3) is 0.455. The second kappa shape index (κ2) is 9.34. The van der Waals surface area contributed by atoms with Crippen LogP contribution in [0.5, 0.6) is 0 Å². The Morgan fingerprint density at radius 1 is 1.42 bits per heavy atom. The van der Waals surface area contributed by atoms with Crippen molar-refractivity contribution < 1.29 is 9.90 Å². The molecule has 110 valence electrons. The van der Waals surface area contributed by atoms with Crippen LogP contribution in [-0.2, 0) is 0 Å². The topological polar surface area (TPSA) is 65.5 Å². The summed E-state index contributed by atoms with van der Waals surface area (Å²) in [6, 6.07) is 1.86. The summed E-state index contributed by atoms with van der Waals surface area (Å²) in [6.07, 6.45) is 3.10. The van der Waals surface area contributed by atoms with E-state index in [1.165, 1.54) is 6.20 Å². The summed E-state index contributed by atoms with van der Waals surface area (Å²) in [5.41, 5.74) is 1.18. The first-order valence-electron chi connectivity index (χ1n) is 5.27. The first-order chi connectivity index (χ1) is 7.66. The van der Waals surface area contributed by atoms with Crippen LogP contribution in [0, 0.1) is 0 Å². The van der Waals surface area contributed by atoms with E-state index in [1.54, 1.807) is 12.3 Å². The highest BCUT2D eigenvalue weighted by Gasteiger charge is 2.19. The van der Waals surface area contributed by atoms with Gasteiger partial charge in [0.05, 0.1) is 5.56 Å². The third-order valence-corrected chi connectivity index (χ3v) is 2.79. The molecule has 0 amide bonds. The molecular formula is C11H18Cl3N3O2. The molecule has 8 heteroatoms. The first-order valence-corrected chi connectivity index (χ1v) is 5.27. The molecule has 1 atom stereocenters. The van der Waals surface area contributed by atoms with Crippen LogP contribution in [0.1, 0.15) is 22.0 Å². The van der Waals surface area contributed by atoms with Gasteiger partial charge in [0.1, 0.15) is 0 Å². The summed E-state index contributed by atoms with van der Waals surface area (Å²) in [7, 11) is 2.06. The van der Waals surface area contributed by atoms with Crippen molar-refractivity contribution in [2.45, 2.75) is 6.04 Å². The summed E-state index contributed by atoms with van der Waals surface area (Å²) >= 11 is 0. The molecular weight excluding hydrogens is 312 g/mol. The molecule has 1 saturated heterocycles. The van der Waals surface area contributed by atoms with Gasteiger partial charge in [0.2, 0.25) is 0 Å². The Hall–Kier alpha value is -0.590. The lowest BCUT2D eigenvalue weighted by Gasteiger charge is -2.31. The van der Waals surface area contributed by atoms with Crippen molar-refractivity contribution in [2.24, 2.45) is 0 Å². The predicted octanol–water partition coefficient (Wildman–Crippen LogP) is 1.62. The molecule has 1 fully saturated rings. The Kier molecular flexibility index (Phi) is 10.2. The van der Waals surface area contributed by atoms with Crippen LogP contribution in [-0.4, -0.2) is 47.6 Å². The van der Waals surface area contributed by atoms with Crippen LogP contribution in [0.25, 0.3) is 0 Å². The Morgan fingerprint density at radius 3 is 2.68 bits per heavy atom. The smallest absolute Gasteiger partial charge is 0.337 e. The number of piperazine rings is 1. The third-order valence-electron chi connectivity index (χ3n) is 2.79. The van der Waals surface area contributed by atoms with Gasteiger partial charge in [0, 0.05) is 38.1 Å². The Morgan fingerprint density at radius 2 is 2.11 bits per heavy atom. The highest BCUT2D eigenvalue weighted by molar-refractivity contribution is 5.87. The molecule has 2 N–H and O–H groups in total. The van der Waals surface area contributed by atoms with Crippen LogP contribution < -0.4 is 5.32 Å². The van der Waals surface area contributed by atoms with E-state index in [2.05, 4.69) is 22.2 Å². The van der Waals surface area contributed by atoms with E-state index in [4.69, 9.17) is 5.11 Å². The predicted molar refractivity (Wildman–Crippen MR) is 81.2 cm³/mol. The highest BCUT2D eigenvalue weighted by atomic mass is 35.5. The Balaban J connectivity index is 0. The van der Waals surface area contributed by atoms with Crippen LogP contribution in [0.4, 0.5) is 0 Å². The van der Waals surface area contributed by atoms with Gasteiger partial charge < -0.3 is 15.3 Å². The van der Waals surface area contributed by atoms with Crippen molar-refractivity contribution >= 4 is 43.2 Å². The minimum atomic E-state index is -0.932. The molecule has 1 aromatic rings. The number of likely N-dealkylation sites (N-methyl/N-ethyl adjacent to an activating group) is 1. The molecule has 2 rings (SSSR count). The van der Waals surface area contributed by atoms with Gasteiger partial charge in [-0.25, -0.2) is 4.79 Å². The van der Waals surface area contributed by atoms with E-state index in [-0.39, 0.29) is 48.8 Å². The molecule has 19 heavy (non-hydrogen) atoms. The molecule has 2 heterocycles. The number of hydrogen-bond acceptors (Lipinski definition) is 4. The van der Waals surface area contributed by atoms with Crippen LogP contribution in [0.15, 0.2) is 18.5 Å². The van der Waals surface area contributed by atoms with Crippen molar-refractivity contribution in [1.29, 1.82) is 0 Å². The van der Waals surface area contributed by atoms with Crippen molar-refractivity contribution in [1.82, 2.24) is 15.2 Å². The first kappa shape index (κ1) is 20.7. The molecule has 1 aromatic heterocycles. The second-order valence-electron chi connectivity index (χ2n) is 4.08. The second-order valence-corrected chi connectivity index (χ2v) is 4.08. The molecule has 1 aliphatic heterocycles. The van der Waals surface area contributed by atoms with Gasteiger partial charge in [-0.1, -0.05) is 0 Å². The van der Waals surface area contributed by atoms with Crippen molar-refractivity contribution in [3.8, 4) is 0 Å². The zero-order valence-electron chi connectivity index (χ0n) is 10.4. The normalized spacial score (nSPS) is 18.5. The molecule has 0 aromatic carbocycles. The molecule has 0 aliphatic carbocycles. The maximum absolute atomic E-state index is 10.8. The molecule has 0 saturated carbocycles. The van der Waals surface area contributed by atoms with Crippen molar-refractivity contribution in [3.63, 3.8) is 0 Å². The lowest BCUT2D eigenvalue weighted by molar-refractivity contribution is 0.0696. The van der Waals surface area contributed by atoms with Crippen molar-refractivity contribution in [3.05, 3.63) is 29.6 Å². The summed E-state index contributed by atoms with van der Waals surface area (Å²) in [5.74, 6) is -0.932. The number of pyridine rings is 1.